The number of hydrogen-bond acceptors (Lipinski definition) is 7. The molecule has 0 aliphatic carbocycles. The lowest BCUT2D eigenvalue weighted by Crippen LogP contribution is -2.26. The third-order valence-corrected chi connectivity index (χ3v) is 8.11. The van der Waals surface area contributed by atoms with E-state index in [-0.39, 0.29) is 12.3 Å². The quantitative estimate of drug-likeness (QED) is 0.320. The van der Waals surface area contributed by atoms with Gasteiger partial charge in [-0.3, -0.25) is 5.32 Å². The molecule has 4 aliphatic rings. The summed E-state index contributed by atoms with van der Waals surface area (Å²) >= 11 is 0. The fourth-order valence-corrected chi connectivity index (χ4v) is 6.16. The van der Waals surface area contributed by atoms with Crippen LogP contribution in [0.5, 0.6) is 0 Å². The molecule has 194 valence electrons. The summed E-state index contributed by atoms with van der Waals surface area (Å²) in [5.74, 6) is 2.58. The van der Waals surface area contributed by atoms with Crippen LogP contribution in [-0.2, 0) is 7.05 Å². The van der Waals surface area contributed by atoms with E-state index >= 15 is 0 Å². The molecular weight excluding hydrogens is 508 g/mol. The van der Waals surface area contributed by atoms with Crippen molar-refractivity contribution in [3.8, 4) is 0 Å². The molecule has 1 aromatic heterocycles. The molecule has 8 heteroatoms. The van der Waals surface area contributed by atoms with Crippen molar-refractivity contribution in [3.63, 3.8) is 0 Å². The molecule has 0 spiro atoms. The molecule has 2 atom stereocenters. The predicted molar refractivity (Wildman–Crippen MR) is 159 cm³/mol. The first-order chi connectivity index (χ1) is 20.2. The van der Waals surface area contributed by atoms with E-state index in [9.17, 15) is 0 Å². The van der Waals surface area contributed by atoms with Crippen molar-refractivity contribution in [1.29, 1.82) is 0 Å². The normalized spacial score (nSPS) is 19.7. The minimum absolute atomic E-state index is 0.313. The highest BCUT2D eigenvalue weighted by Crippen LogP contribution is 2.37. The summed E-state index contributed by atoms with van der Waals surface area (Å²) in [6.07, 6.45) is -0.626. The molecule has 0 saturated heterocycles. The monoisotopic (exact) mass is 530 g/mol. The van der Waals surface area contributed by atoms with Crippen LogP contribution in [0.2, 0.25) is 0 Å². The molecule has 8 nitrogen and oxygen atoms in total. The highest BCUT2D eigenvalue weighted by molar-refractivity contribution is 6.23. The van der Waals surface area contributed by atoms with Gasteiger partial charge in [0.05, 0.1) is 0 Å². The number of nitrogens with one attached hydrogen (secondary N) is 1. The maximum atomic E-state index is 5.15. The first kappa shape index (κ1) is 22.5. The summed E-state index contributed by atoms with van der Waals surface area (Å²) in [5, 5.41) is 5.62. The van der Waals surface area contributed by atoms with Crippen LogP contribution in [0.1, 0.15) is 45.7 Å². The van der Waals surface area contributed by atoms with Crippen molar-refractivity contribution in [3.05, 3.63) is 141 Å². The Bertz CT molecular complexity index is 2060. The molecule has 0 radical (unpaired) electrons. The lowest BCUT2D eigenvalue weighted by molar-refractivity contribution is 0.523. The Morgan fingerprint density at radius 2 is 0.878 bits per heavy atom. The molecule has 5 aromatic rings. The van der Waals surface area contributed by atoms with Gasteiger partial charge >= 0.3 is 0 Å². The average Bonchev–Trinajstić information content (AvgIpc) is 3.72. The number of nitrogens with zero attached hydrogens (tertiary/aromatic N) is 7. The van der Waals surface area contributed by atoms with E-state index in [1.807, 2.05) is 60.1 Å². The van der Waals surface area contributed by atoms with Crippen molar-refractivity contribution >= 4 is 34.1 Å². The number of aromatic nitrogens is 1. The number of hydrogen-bond donors (Lipinski definition) is 1. The second-order valence-corrected chi connectivity index (χ2v) is 10.4. The molecule has 8 bridgehead atoms. The Morgan fingerprint density at radius 3 is 1.34 bits per heavy atom. The van der Waals surface area contributed by atoms with Gasteiger partial charge in [0, 0.05) is 40.1 Å². The highest BCUT2D eigenvalue weighted by Gasteiger charge is 2.33. The zero-order valence-electron chi connectivity index (χ0n) is 22.0. The summed E-state index contributed by atoms with van der Waals surface area (Å²) in [7, 11) is 1.99. The largest absolute Gasteiger partial charge is 0.313 e. The minimum Gasteiger partial charge on any atom is -0.313 e. The molecule has 5 heterocycles. The second kappa shape index (κ2) is 8.33. The lowest BCUT2D eigenvalue weighted by Gasteiger charge is -2.10. The number of rotatable bonds is 0. The SMILES string of the molecule is Cn1c2c3ccccc3c1=NC1=NC(=NC3NC(N=C4N=C(N=2)c2ccccc24)c2ccccc23)c2ccccc21. The van der Waals surface area contributed by atoms with Gasteiger partial charge < -0.3 is 4.57 Å². The van der Waals surface area contributed by atoms with Crippen molar-refractivity contribution in [2.24, 2.45) is 37.0 Å². The third-order valence-electron chi connectivity index (χ3n) is 8.11. The van der Waals surface area contributed by atoms with E-state index in [4.69, 9.17) is 30.0 Å². The van der Waals surface area contributed by atoms with Gasteiger partial charge in [0.2, 0.25) is 0 Å². The van der Waals surface area contributed by atoms with E-state index in [1.54, 1.807) is 0 Å². The molecule has 4 aliphatic heterocycles. The van der Waals surface area contributed by atoms with Gasteiger partial charge in [-0.2, -0.15) is 0 Å². The van der Waals surface area contributed by atoms with Crippen LogP contribution >= 0.6 is 0 Å². The number of aliphatic imine (C=N–C) groups is 4. The average molecular weight is 531 g/mol. The van der Waals surface area contributed by atoms with Crippen molar-refractivity contribution < 1.29 is 0 Å². The molecular formula is C33H22N8. The molecule has 41 heavy (non-hydrogen) atoms. The Morgan fingerprint density at radius 1 is 0.488 bits per heavy atom. The van der Waals surface area contributed by atoms with E-state index in [0.717, 1.165) is 55.1 Å². The second-order valence-electron chi connectivity index (χ2n) is 10.4. The smallest absolute Gasteiger partial charge is 0.164 e. The Kier molecular flexibility index (Phi) is 4.57. The topological polar surface area (TPSA) is 91.1 Å². The van der Waals surface area contributed by atoms with Crippen LogP contribution in [0.4, 0.5) is 0 Å². The molecule has 0 amide bonds. The zero-order valence-corrected chi connectivity index (χ0v) is 22.0. The summed E-state index contributed by atoms with van der Waals surface area (Å²) < 4.78 is 2.03. The van der Waals surface area contributed by atoms with Crippen LogP contribution < -0.4 is 16.3 Å². The molecule has 0 saturated carbocycles. The van der Waals surface area contributed by atoms with Crippen LogP contribution in [0.3, 0.4) is 0 Å². The Hall–Kier alpha value is -5.34. The predicted octanol–water partition coefficient (Wildman–Crippen LogP) is 4.15. The first-order valence-electron chi connectivity index (χ1n) is 13.6. The van der Waals surface area contributed by atoms with Crippen LogP contribution in [0.25, 0.3) is 10.8 Å². The summed E-state index contributed by atoms with van der Waals surface area (Å²) in [6.45, 7) is 0. The zero-order chi connectivity index (χ0) is 27.1. The van der Waals surface area contributed by atoms with Crippen LogP contribution in [-0.4, -0.2) is 27.9 Å². The lowest BCUT2D eigenvalue weighted by atomic mass is 10.1. The van der Waals surface area contributed by atoms with E-state index in [0.29, 0.717) is 23.3 Å². The first-order valence-corrected chi connectivity index (χ1v) is 13.6. The molecule has 9 rings (SSSR count). The fourth-order valence-electron chi connectivity index (χ4n) is 6.16. The Labute approximate surface area is 234 Å². The number of fused-ring (bicyclic) bond motifs is 18. The van der Waals surface area contributed by atoms with Gasteiger partial charge in [0.25, 0.3) is 0 Å². The van der Waals surface area contributed by atoms with Gasteiger partial charge in [-0.1, -0.05) is 97.1 Å². The molecule has 2 unspecified atom stereocenters. The maximum absolute atomic E-state index is 5.15. The molecule has 0 fully saturated rings. The van der Waals surface area contributed by atoms with Crippen molar-refractivity contribution in [2.45, 2.75) is 12.3 Å². The van der Waals surface area contributed by atoms with E-state index in [1.165, 1.54) is 0 Å². The van der Waals surface area contributed by atoms with Crippen LogP contribution in [0, 0.1) is 0 Å². The van der Waals surface area contributed by atoms with E-state index in [2.05, 4.69) is 53.8 Å². The summed E-state index contributed by atoms with van der Waals surface area (Å²) in [4.78, 5) is 30.6. The third kappa shape index (κ3) is 3.25. The van der Waals surface area contributed by atoms with Gasteiger partial charge in [-0.05, 0) is 11.1 Å². The van der Waals surface area contributed by atoms with Crippen molar-refractivity contribution in [2.75, 3.05) is 0 Å². The van der Waals surface area contributed by atoms with Gasteiger partial charge in [-0.25, -0.2) is 30.0 Å². The van der Waals surface area contributed by atoms with E-state index < -0.39 is 0 Å². The van der Waals surface area contributed by atoms with Gasteiger partial charge in [-0.15, -0.1) is 0 Å². The standard InChI is InChI=1S/C33H22N8/c1-41-32-24-16-8-9-17-25(24)33(41)40-31-23-15-7-5-13-21(23)29(38-31)36-27-19-11-3-2-10-18(19)26(34-27)35-28-20-12-4-6-14-22(20)30(37-28)39-32/h2-17,26-27,34H,1H3. The minimum atomic E-state index is -0.313. The van der Waals surface area contributed by atoms with Gasteiger partial charge in [0.15, 0.2) is 23.3 Å². The summed E-state index contributed by atoms with van der Waals surface area (Å²) in [5.41, 5.74) is 7.57. The van der Waals surface area contributed by atoms with Gasteiger partial charge in [0.1, 0.15) is 23.3 Å². The Balaban J connectivity index is 1.40. The number of benzene rings is 4. The fraction of sp³-hybridized carbons (Fsp3) is 0.0909. The van der Waals surface area contributed by atoms with Crippen molar-refractivity contribution in [1.82, 2.24) is 9.88 Å². The number of amidine groups is 4. The molecule has 4 aromatic carbocycles. The summed E-state index contributed by atoms with van der Waals surface area (Å²) in [6, 6.07) is 32.8. The van der Waals surface area contributed by atoms with Crippen LogP contribution in [0.15, 0.2) is 127 Å². The molecule has 1 N–H and O–H groups in total. The maximum Gasteiger partial charge on any atom is 0.164 e. The highest BCUT2D eigenvalue weighted by atomic mass is 15.2.